The maximum Gasteiger partial charge on any atom is 0.152 e. The lowest BCUT2D eigenvalue weighted by molar-refractivity contribution is 0.221. The first-order valence-corrected chi connectivity index (χ1v) is 7.92. The number of nitrogens with one attached hydrogen (secondary N) is 1. The summed E-state index contributed by atoms with van der Waals surface area (Å²) in [4.78, 5) is 0. The zero-order valence-corrected chi connectivity index (χ0v) is 12.9. The van der Waals surface area contributed by atoms with Crippen molar-refractivity contribution in [2.24, 2.45) is 11.8 Å². The molecular formula is C17H22ClNO. The normalized spacial score (nSPS) is 24.9. The fraction of sp³-hybridized carbons (Fsp3) is 0.529. The fourth-order valence-electron chi connectivity index (χ4n) is 3.43. The molecule has 3 heteroatoms. The highest BCUT2D eigenvalue weighted by Crippen LogP contribution is 2.39. The molecule has 1 unspecified atom stereocenters. The second-order valence-corrected chi connectivity index (χ2v) is 6.50. The van der Waals surface area contributed by atoms with Crippen LogP contribution in [0.1, 0.15) is 44.4 Å². The van der Waals surface area contributed by atoms with Gasteiger partial charge in [0.05, 0.1) is 11.1 Å². The number of para-hydroxylation sites is 1. The molecule has 1 saturated carbocycles. The molecule has 0 saturated heterocycles. The molecule has 1 aromatic heterocycles. The average Bonchev–Trinajstić information content (AvgIpc) is 2.87. The number of hydrogen-bond acceptors (Lipinski definition) is 2. The van der Waals surface area contributed by atoms with Crippen molar-refractivity contribution in [1.82, 2.24) is 5.32 Å². The minimum atomic E-state index is 0.297. The van der Waals surface area contributed by atoms with Crippen LogP contribution in [-0.4, -0.2) is 7.05 Å². The van der Waals surface area contributed by atoms with E-state index in [4.69, 9.17) is 16.0 Å². The second kappa shape index (κ2) is 5.79. The summed E-state index contributed by atoms with van der Waals surface area (Å²) in [5.74, 6) is 2.56. The lowest BCUT2D eigenvalue weighted by Gasteiger charge is -2.31. The Hall–Kier alpha value is -0.990. The summed E-state index contributed by atoms with van der Waals surface area (Å²) >= 11 is 6.21. The number of rotatable bonds is 3. The Bertz CT molecular complexity index is 584. The Morgan fingerprint density at radius 1 is 1.25 bits per heavy atom. The van der Waals surface area contributed by atoms with Gasteiger partial charge in [-0.25, -0.2) is 0 Å². The van der Waals surface area contributed by atoms with Gasteiger partial charge in [-0.15, -0.1) is 0 Å². The van der Waals surface area contributed by atoms with Gasteiger partial charge in [-0.1, -0.05) is 43.5 Å². The first kappa shape index (κ1) is 14.0. The van der Waals surface area contributed by atoms with E-state index in [0.717, 1.165) is 22.6 Å². The van der Waals surface area contributed by atoms with Crippen molar-refractivity contribution in [2.75, 3.05) is 7.05 Å². The molecule has 108 valence electrons. The molecule has 1 aliphatic carbocycles. The van der Waals surface area contributed by atoms with Crippen molar-refractivity contribution in [2.45, 2.75) is 38.6 Å². The van der Waals surface area contributed by atoms with E-state index in [1.807, 2.05) is 19.2 Å². The highest BCUT2D eigenvalue weighted by Gasteiger charge is 2.28. The lowest BCUT2D eigenvalue weighted by Crippen LogP contribution is -2.28. The van der Waals surface area contributed by atoms with Gasteiger partial charge >= 0.3 is 0 Å². The molecule has 1 heterocycles. The van der Waals surface area contributed by atoms with Crippen molar-refractivity contribution in [1.29, 1.82) is 0 Å². The number of benzene rings is 1. The van der Waals surface area contributed by atoms with Crippen molar-refractivity contribution in [3.05, 3.63) is 35.0 Å². The Morgan fingerprint density at radius 3 is 2.65 bits per heavy atom. The molecule has 1 aliphatic rings. The van der Waals surface area contributed by atoms with E-state index in [2.05, 4.69) is 24.4 Å². The molecule has 0 radical (unpaired) electrons. The summed E-state index contributed by atoms with van der Waals surface area (Å²) < 4.78 is 6.04. The van der Waals surface area contributed by atoms with E-state index in [0.29, 0.717) is 17.0 Å². The second-order valence-electron chi connectivity index (χ2n) is 6.09. The van der Waals surface area contributed by atoms with Gasteiger partial charge in [-0.05, 0) is 43.9 Å². The van der Waals surface area contributed by atoms with E-state index in [1.54, 1.807) is 0 Å². The molecule has 2 nitrogen and oxygen atoms in total. The first-order chi connectivity index (χ1) is 9.69. The highest BCUT2D eigenvalue weighted by molar-refractivity contribution is 6.34. The van der Waals surface area contributed by atoms with E-state index >= 15 is 0 Å². The van der Waals surface area contributed by atoms with Gasteiger partial charge in [-0.3, -0.25) is 0 Å². The van der Waals surface area contributed by atoms with Crippen molar-refractivity contribution in [3.8, 4) is 0 Å². The third-order valence-electron chi connectivity index (χ3n) is 4.66. The summed E-state index contributed by atoms with van der Waals surface area (Å²) in [7, 11) is 2.03. The molecule has 0 amide bonds. The van der Waals surface area contributed by atoms with Gasteiger partial charge in [0, 0.05) is 5.39 Å². The standard InChI is InChI=1S/C17H22ClNO/c1-11-6-8-12(9-7-11)16(19-2)15-10-13-4-3-5-14(18)17(13)20-15/h3-5,10-12,16,19H,6-9H2,1-2H3. The smallest absolute Gasteiger partial charge is 0.152 e. The average molecular weight is 292 g/mol. The van der Waals surface area contributed by atoms with Crippen LogP contribution in [0, 0.1) is 11.8 Å². The Morgan fingerprint density at radius 2 is 2.00 bits per heavy atom. The fourth-order valence-corrected chi connectivity index (χ4v) is 3.65. The summed E-state index contributed by atoms with van der Waals surface area (Å²) in [5, 5.41) is 5.24. The number of furan rings is 1. The molecule has 2 aromatic rings. The molecule has 0 bridgehead atoms. The van der Waals surface area contributed by atoms with Crippen LogP contribution in [0.15, 0.2) is 28.7 Å². The highest BCUT2D eigenvalue weighted by atomic mass is 35.5. The Balaban J connectivity index is 1.89. The van der Waals surface area contributed by atoms with Crippen LogP contribution in [0.2, 0.25) is 5.02 Å². The van der Waals surface area contributed by atoms with Crippen molar-refractivity contribution < 1.29 is 4.42 Å². The van der Waals surface area contributed by atoms with Gasteiger partial charge in [0.2, 0.25) is 0 Å². The number of halogens is 1. The van der Waals surface area contributed by atoms with Gasteiger partial charge < -0.3 is 9.73 Å². The topological polar surface area (TPSA) is 25.2 Å². The molecule has 3 rings (SSSR count). The maximum absolute atomic E-state index is 6.21. The van der Waals surface area contributed by atoms with E-state index in [-0.39, 0.29) is 0 Å². The quantitative estimate of drug-likeness (QED) is 0.843. The summed E-state index contributed by atoms with van der Waals surface area (Å²) in [6, 6.07) is 8.35. The molecule has 20 heavy (non-hydrogen) atoms. The Labute approximate surface area is 125 Å². The zero-order valence-electron chi connectivity index (χ0n) is 12.2. The molecule has 1 N–H and O–H groups in total. The van der Waals surface area contributed by atoms with Gasteiger partial charge in [0.1, 0.15) is 5.76 Å². The minimum absolute atomic E-state index is 0.297. The van der Waals surface area contributed by atoms with Gasteiger partial charge in [0.25, 0.3) is 0 Å². The van der Waals surface area contributed by atoms with Gasteiger partial charge in [0.15, 0.2) is 5.58 Å². The number of hydrogen-bond donors (Lipinski definition) is 1. The predicted molar refractivity (Wildman–Crippen MR) is 84.1 cm³/mol. The monoisotopic (exact) mass is 291 g/mol. The molecular weight excluding hydrogens is 270 g/mol. The molecule has 0 spiro atoms. The number of fused-ring (bicyclic) bond motifs is 1. The molecule has 1 fully saturated rings. The van der Waals surface area contributed by atoms with Crippen molar-refractivity contribution >= 4 is 22.6 Å². The zero-order chi connectivity index (χ0) is 14.1. The minimum Gasteiger partial charge on any atom is -0.458 e. The third-order valence-corrected chi connectivity index (χ3v) is 4.96. The van der Waals surface area contributed by atoms with Crippen LogP contribution < -0.4 is 5.32 Å². The molecule has 1 atom stereocenters. The van der Waals surface area contributed by atoms with E-state index in [9.17, 15) is 0 Å². The molecule has 0 aliphatic heterocycles. The first-order valence-electron chi connectivity index (χ1n) is 7.54. The SMILES string of the molecule is CNC(c1cc2cccc(Cl)c2o1)C1CCC(C)CC1. The maximum atomic E-state index is 6.21. The predicted octanol–water partition coefficient (Wildman–Crippen LogP) is 5.17. The summed E-state index contributed by atoms with van der Waals surface area (Å²) in [6.07, 6.45) is 5.20. The van der Waals surface area contributed by atoms with Crippen LogP contribution in [0.3, 0.4) is 0 Å². The van der Waals surface area contributed by atoms with Crippen LogP contribution in [0.25, 0.3) is 11.0 Å². The van der Waals surface area contributed by atoms with Crippen molar-refractivity contribution in [3.63, 3.8) is 0 Å². The van der Waals surface area contributed by atoms with Gasteiger partial charge in [-0.2, -0.15) is 0 Å². The van der Waals surface area contributed by atoms with E-state index in [1.165, 1.54) is 25.7 Å². The van der Waals surface area contributed by atoms with E-state index < -0.39 is 0 Å². The van der Waals surface area contributed by atoms with Crippen LogP contribution in [0.5, 0.6) is 0 Å². The van der Waals surface area contributed by atoms with Crippen LogP contribution >= 0.6 is 11.6 Å². The largest absolute Gasteiger partial charge is 0.458 e. The molecule has 1 aromatic carbocycles. The Kier molecular flexibility index (Phi) is 4.04. The summed E-state index contributed by atoms with van der Waals surface area (Å²) in [5.41, 5.74) is 0.814. The summed E-state index contributed by atoms with van der Waals surface area (Å²) in [6.45, 7) is 2.35. The van der Waals surface area contributed by atoms with Crippen LogP contribution in [0.4, 0.5) is 0 Å². The third kappa shape index (κ3) is 2.59. The van der Waals surface area contributed by atoms with Crippen LogP contribution in [-0.2, 0) is 0 Å². The lowest BCUT2D eigenvalue weighted by atomic mass is 9.78.